The number of nitrogens with one attached hydrogen (secondary N) is 1. The third kappa shape index (κ3) is 2.83. The Balaban J connectivity index is 2.24. The minimum Gasteiger partial charge on any atom is -0.497 e. The molecule has 0 saturated carbocycles. The maximum atomic E-state index is 12.2. The van der Waals surface area contributed by atoms with Crippen molar-refractivity contribution in [1.82, 2.24) is 0 Å². The molecule has 0 saturated heterocycles. The van der Waals surface area contributed by atoms with E-state index in [1.54, 1.807) is 49.6 Å². The van der Waals surface area contributed by atoms with Crippen molar-refractivity contribution >= 4 is 17.3 Å². The van der Waals surface area contributed by atoms with E-state index in [0.29, 0.717) is 28.4 Å². The Morgan fingerprint density at radius 3 is 2.55 bits per heavy atom. The van der Waals surface area contributed by atoms with Crippen molar-refractivity contribution in [3.05, 3.63) is 48.0 Å². The van der Waals surface area contributed by atoms with Crippen molar-refractivity contribution in [2.24, 2.45) is 0 Å². The highest BCUT2D eigenvalue weighted by molar-refractivity contribution is 6.08. The van der Waals surface area contributed by atoms with Gasteiger partial charge >= 0.3 is 0 Å². The first kappa shape index (κ1) is 13.7. The van der Waals surface area contributed by atoms with Crippen LogP contribution < -0.4 is 20.5 Å². The van der Waals surface area contributed by atoms with E-state index in [-0.39, 0.29) is 5.91 Å². The van der Waals surface area contributed by atoms with Gasteiger partial charge in [0.2, 0.25) is 0 Å². The van der Waals surface area contributed by atoms with Crippen LogP contribution >= 0.6 is 0 Å². The topological polar surface area (TPSA) is 73.6 Å². The first-order valence-electron chi connectivity index (χ1n) is 6.03. The van der Waals surface area contributed by atoms with E-state index in [2.05, 4.69) is 5.32 Å². The molecule has 0 aliphatic carbocycles. The summed E-state index contributed by atoms with van der Waals surface area (Å²) in [6.07, 6.45) is 0. The summed E-state index contributed by atoms with van der Waals surface area (Å²) in [5.74, 6) is 0.847. The summed E-state index contributed by atoms with van der Waals surface area (Å²) >= 11 is 0. The number of methoxy groups -OCH3 is 2. The van der Waals surface area contributed by atoms with E-state index in [1.165, 1.54) is 7.11 Å². The number of para-hydroxylation sites is 1. The monoisotopic (exact) mass is 272 g/mol. The maximum Gasteiger partial charge on any atom is 0.257 e. The molecule has 20 heavy (non-hydrogen) atoms. The Labute approximate surface area is 117 Å². The zero-order chi connectivity index (χ0) is 14.5. The number of benzene rings is 2. The van der Waals surface area contributed by atoms with Crippen LogP contribution in [0.25, 0.3) is 0 Å². The quantitative estimate of drug-likeness (QED) is 0.839. The van der Waals surface area contributed by atoms with Crippen LogP contribution in [0.1, 0.15) is 10.4 Å². The molecule has 0 heterocycles. The molecule has 5 heteroatoms. The van der Waals surface area contributed by atoms with Crippen molar-refractivity contribution < 1.29 is 14.3 Å². The predicted molar refractivity (Wildman–Crippen MR) is 78.4 cm³/mol. The molecule has 0 bridgehead atoms. The lowest BCUT2D eigenvalue weighted by Crippen LogP contribution is -2.14. The maximum absolute atomic E-state index is 12.2. The number of nitrogen functional groups attached to an aromatic ring is 1. The molecular weight excluding hydrogens is 256 g/mol. The average molecular weight is 272 g/mol. The Bertz CT molecular complexity index is 626. The molecule has 2 rings (SSSR count). The van der Waals surface area contributed by atoms with Crippen LogP contribution in [0.15, 0.2) is 42.5 Å². The summed E-state index contributed by atoms with van der Waals surface area (Å²) in [7, 11) is 3.08. The molecule has 1 amide bonds. The normalized spacial score (nSPS) is 9.90. The molecule has 0 spiro atoms. The van der Waals surface area contributed by atoms with E-state index in [4.69, 9.17) is 15.2 Å². The third-order valence-electron chi connectivity index (χ3n) is 2.86. The fourth-order valence-electron chi connectivity index (χ4n) is 1.82. The third-order valence-corrected chi connectivity index (χ3v) is 2.86. The number of hydrogen-bond acceptors (Lipinski definition) is 4. The molecule has 2 aromatic carbocycles. The summed E-state index contributed by atoms with van der Waals surface area (Å²) in [5.41, 5.74) is 7.21. The number of nitrogens with two attached hydrogens (primary N) is 1. The number of rotatable bonds is 4. The van der Waals surface area contributed by atoms with Gasteiger partial charge in [0.1, 0.15) is 11.5 Å². The molecule has 0 aliphatic heterocycles. The second-order valence-electron chi connectivity index (χ2n) is 4.11. The Hall–Kier alpha value is -2.69. The molecule has 0 fully saturated rings. The lowest BCUT2D eigenvalue weighted by atomic mass is 10.1. The number of hydrogen-bond donors (Lipinski definition) is 2. The van der Waals surface area contributed by atoms with Crippen molar-refractivity contribution in [2.45, 2.75) is 0 Å². The Morgan fingerprint density at radius 2 is 1.85 bits per heavy atom. The number of amides is 1. The SMILES string of the molecule is COc1cccc(NC(=O)c2cccc(OC)c2N)c1. The number of ether oxygens (including phenoxy) is 2. The fourth-order valence-corrected chi connectivity index (χ4v) is 1.82. The highest BCUT2D eigenvalue weighted by Crippen LogP contribution is 2.26. The van der Waals surface area contributed by atoms with E-state index in [1.807, 2.05) is 0 Å². The van der Waals surface area contributed by atoms with Gasteiger partial charge < -0.3 is 20.5 Å². The largest absolute Gasteiger partial charge is 0.497 e. The first-order chi connectivity index (χ1) is 9.65. The van der Waals surface area contributed by atoms with Crippen LogP contribution in [-0.2, 0) is 0 Å². The van der Waals surface area contributed by atoms with E-state index < -0.39 is 0 Å². The smallest absolute Gasteiger partial charge is 0.257 e. The predicted octanol–water partition coefficient (Wildman–Crippen LogP) is 2.54. The standard InChI is InChI=1S/C15H16N2O3/c1-19-11-6-3-5-10(9-11)17-15(18)12-7-4-8-13(20-2)14(12)16/h3-9H,16H2,1-2H3,(H,17,18). The summed E-state index contributed by atoms with van der Waals surface area (Å²) in [6, 6.07) is 12.2. The van der Waals surface area contributed by atoms with Crippen molar-refractivity contribution in [2.75, 3.05) is 25.3 Å². The lowest BCUT2D eigenvalue weighted by Gasteiger charge is -2.11. The van der Waals surface area contributed by atoms with E-state index in [0.717, 1.165) is 0 Å². The van der Waals surface area contributed by atoms with Gasteiger partial charge in [0.15, 0.2) is 0 Å². The van der Waals surface area contributed by atoms with E-state index >= 15 is 0 Å². The van der Waals surface area contributed by atoms with Gasteiger partial charge in [-0.05, 0) is 24.3 Å². The average Bonchev–Trinajstić information content (AvgIpc) is 2.47. The Kier molecular flexibility index (Phi) is 4.10. The van der Waals surface area contributed by atoms with Crippen molar-refractivity contribution in [1.29, 1.82) is 0 Å². The zero-order valence-corrected chi connectivity index (χ0v) is 11.3. The van der Waals surface area contributed by atoms with Gasteiger partial charge in [-0.15, -0.1) is 0 Å². The van der Waals surface area contributed by atoms with Gasteiger partial charge in [0.05, 0.1) is 25.5 Å². The van der Waals surface area contributed by atoms with Crippen LogP contribution in [-0.4, -0.2) is 20.1 Å². The molecule has 0 atom stereocenters. The minimum absolute atomic E-state index is 0.297. The number of carbonyl (C=O) groups is 1. The molecule has 5 nitrogen and oxygen atoms in total. The fraction of sp³-hybridized carbons (Fsp3) is 0.133. The first-order valence-corrected chi connectivity index (χ1v) is 6.03. The second-order valence-corrected chi connectivity index (χ2v) is 4.11. The number of carbonyl (C=O) groups excluding carboxylic acids is 1. The van der Waals surface area contributed by atoms with Crippen LogP contribution in [0.4, 0.5) is 11.4 Å². The molecule has 0 unspecified atom stereocenters. The Morgan fingerprint density at radius 1 is 1.10 bits per heavy atom. The molecule has 0 aliphatic rings. The van der Waals surface area contributed by atoms with Crippen molar-refractivity contribution in [3.63, 3.8) is 0 Å². The molecule has 2 aromatic rings. The van der Waals surface area contributed by atoms with Gasteiger partial charge in [-0.2, -0.15) is 0 Å². The second kappa shape index (κ2) is 5.97. The highest BCUT2D eigenvalue weighted by atomic mass is 16.5. The van der Waals surface area contributed by atoms with Crippen LogP contribution in [0.5, 0.6) is 11.5 Å². The molecular formula is C15H16N2O3. The summed E-state index contributed by atoms with van der Waals surface area (Å²) in [5, 5.41) is 2.77. The van der Waals surface area contributed by atoms with Crippen LogP contribution in [0.3, 0.4) is 0 Å². The summed E-state index contributed by atoms with van der Waals surface area (Å²) in [6.45, 7) is 0. The van der Waals surface area contributed by atoms with Crippen LogP contribution in [0, 0.1) is 0 Å². The van der Waals surface area contributed by atoms with E-state index in [9.17, 15) is 4.79 Å². The molecule has 104 valence electrons. The highest BCUT2D eigenvalue weighted by Gasteiger charge is 2.13. The number of anilines is 2. The van der Waals surface area contributed by atoms with Gasteiger partial charge in [0, 0.05) is 11.8 Å². The minimum atomic E-state index is -0.297. The van der Waals surface area contributed by atoms with Crippen molar-refractivity contribution in [3.8, 4) is 11.5 Å². The molecule has 3 N–H and O–H groups in total. The van der Waals surface area contributed by atoms with Gasteiger partial charge in [-0.25, -0.2) is 0 Å². The summed E-state index contributed by atoms with van der Waals surface area (Å²) < 4.78 is 10.2. The molecule has 0 radical (unpaired) electrons. The molecule has 0 aromatic heterocycles. The zero-order valence-electron chi connectivity index (χ0n) is 11.3. The van der Waals surface area contributed by atoms with Crippen LogP contribution in [0.2, 0.25) is 0 Å². The van der Waals surface area contributed by atoms with Gasteiger partial charge in [-0.1, -0.05) is 12.1 Å². The lowest BCUT2D eigenvalue weighted by molar-refractivity contribution is 0.102. The van der Waals surface area contributed by atoms with Gasteiger partial charge in [-0.3, -0.25) is 4.79 Å². The van der Waals surface area contributed by atoms with Gasteiger partial charge in [0.25, 0.3) is 5.91 Å². The summed E-state index contributed by atoms with van der Waals surface area (Å²) in [4.78, 5) is 12.2.